The summed E-state index contributed by atoms with van der Waals surface area (Å²) >= 11 is 0. The molecule has 2 fully saturated rings. The number of aliphatic carboxylic acids is 1. The number of nitrogens with one attached hydrogen (secondary N) is 2. The summed E-state index contributed by atoms with van der Waals surface area (Å²) in [5.41, 5.74) is -0.748. The van der Waals surface area contributed by atoms with E-state index in [0.29, 0.717) is 25.9 Å². The summed E-state index contributed by atoms with van der Waals surface area (Å²) < 4.78 is 0. The lowest BCUT2D eigenvalue weighted by molar-refractivity contribution is -0.150. The first-order valence-electron chi connectivity index (χ1n) is 7.11. The van der Waals surface area contributed by atoms with Gasteiger partial charge >= 0.3 is 12.0 Å². The van der Waals surface area contributed by atoms with Gasteiger partial charge in [0, 0.05) is 32.7 Å². The minimum absolute atomic E-state index is 0.132. The van der Waals surface area contributed by atoms with Crippen molar-refractivity contribution < 1.29 is 14.7 Å². The van der Waals surface area contributed by atoms with Gasteiger partial charge in [-0.2, -0.15) is 0 Å². The molecule has 2 aliphatic rings. The molecule has 0 unspecified atom stereocenters. The number of hydrogen-bond donors (Lipinski definition) is 3. The molecular weight excluding hydrogens is 246 g/mol. The zero-order valence-electron chi connectivity index (χ0n) is 11.3. The van der Waals surface area contributed by atoms with E-state index < -0.39 is 11.4 Å². The van der Waals surface area contributed by atoms with Gasteiger partial charge in [0.15, 0.2) is 0 Å². The van der Waals surface area contributed by atoms with Gasteiger partial charge in [-0.25, -0.2) is 4.79 Å². The maximum atomic E-state index is 12.0. The van der Waals surface area contributed by atoms with E-state index in [9.17, 15) is 14.7 Å². The fourth-order valence-corrected chi connectivity index (χ4v) is 2.92. The van der Waals surface area contributed by atoms with Crippen molar-refractivity contribution in [2.45, 2.75) is 32.1 Å². The predicted molar refractivity (Wildman–Crippen MR) is 71.0 cm³/mol. The molecule has 0 atom stereocenters. The Balaban J connectivity index is 1.87. The average molecular weight is 269 g/mol. The molecule has 2 rings (SSSR count). The third-order valence-electron chi connectivity index (χ3n) is 4.25. The molecule has 0 aromatic rings. The first-order chi connectivity index (χ1) is 9.14. The minimum atomic E-state index is -0.771. The predicted octanol–water partition coefficient (Wildman–Crippen LogP) is 0.636. The van der Waals surface area contributed by atoms with Crippen LogP contribution in [0.2, 0.25) is 0 Å². The van der Waals surface area contributed by atoms with Crippen molar-refractivity contribution in [2.75, 3.05) is 32.7 Å². The first-order valence-corrected chi connectivity index (χ1v) is 7.11. The van der Waals surface area contributed by atoms with Crippen molar-refractivity contribution >= 4 is 12.0 Å². The van der Waals surface area contributed by atoms with Gasteiger partial charge in [0.2, 0.25) is 0 Å². The van der Waals surface area contributed by atoms with Crippen molar-refractivity contribution in [3.8, 4) is 0 Å². The molecule has 1 saturated carbocycles. The number of hydrogen-bond acceptors (Lipinski definition) is 3. The zero-order valence-corrected chi connectivity index (χ0v) is 11.3. The van der Waals surface area contributed by atoms with Crippen LogP contribution in [0.4, 0.5) is 4.79 Å². The zero-order chi connectivity index (χ0) is 13.7. The van der Waals surface area contributed by atoms with Gasteiger partial charge in [-0.15, -0.1) is 0 Å². The number of nitrogens with zero attached hydrogens (tertiary/aromatic N) is 1. The highest BCUT2D eigenvalue weighted by molar-refractivity contribution is 5.78. The third-order valence-corrected chi connectivity index (χ3v) is 4.25. The lowest BCUT2D eigenvalue weighted by Gasteiger charge is -2.34. The molecule has 0 spiro atoms. The molecule has 6 nitrogen and oxygen atoms in total. The van der Waals surface area contributed by atoms with Crippen LogP contribution in [-0.4, -0.2) is 54.7 Å². The van der Waals surface area contributed by atoms with Gasteiger partial charge in [0.25, 0.3) is 0 Å². The summed E-state index contributed by atoms with van der Waals surface area (Å²) in [6.07, 6.45) is 4.32. The number of carbonyl (C=O) groups excluding carboxylic acids is 1. The largest absolute Gasteiger partial charge is 0.481 e. The Labute approximate surface area is 113 Å². The van der Waals surface area contributed by atoms with Crippen molar-refractivity contribution in [1.29, 1.82) is 0 Å². The lowest BCUT2D eigenvalue weighted by Crippen LogP contribution is -2.53. The monoisotopic (exact) mass is 269 g/mol. The Morgan fingerprint density at radius 1 is 1.16 bits per heavy atom. The molecule has 19 heavy (non-hydrogen) atoms. The smallest absolute Gasteiger partial charge is 0.317 e. The number of amides is 2. The Morgan fingerprint density at radius 3 is 2.37 bits per heavy atom. The fourth-order valence-electron chi connectivity index (χ4n) is 2.92. The van der Waals surface area contributed by atoms with Crippen LogP contribution in [0, 0.1) is 5.41 Å². The second kappa shape index (κ2) is 6.23. The van der Waals surface area contributed by atoms with Crippen LogP contribution in [0.3, 0.4) is 0 Å². The topological polar surface area (TPSA) is 81.7 Å². The number of piperazine rings is 1. The van der Waals surface area contributed by atoms with Crippen molar-refractivity contribution in [3.63, 3.8) is 0 Å². The van der Waals surface area contributed by atoms with Crippen molar-refractivity contribution in [2.24, 2.45) is 5.41 Å². The van der Waals surface area contributed by atoms with Gasteiger partial charge in [-0.3, -0.25) is 4.79 Å². The highest BCUT2D eigenvalue weighted by Gasteiger charge is 2.40. The van der Waals surface area contributed by atoms with Gasteiger partial charge in [0.05, 0.1) is 5.41 Å². The minimum Gasteiger partial charge on any atom is -0.481 e. The summed E-state index contributed by atoms with van der Waals surface area (Å²) in [5, 5.41) is 15.4. The van der Waals surface area contributed by atoms with Gasteiger partial charge in [0.1, 0.15) is 0 Å². The van der Waals surface area contributed by atoms with Crippen LogP contribution >= 0.6 is 0 Å². The maximum absolute atomic E-state index is 12.0. The van der Waals surface area contributed by atoms with Crippen LogP contribution < -0.4 is 10.6 Å². The summed E-state index contributed by atoms with van der Waals surface area (Å²) in [4.78, 5) is 25.2. The van der Waals surface area contributed by atoms with Crippen molar-refractivity contribution in [3.05, 3.63) is 0 Å². The number of urea groups is 1. The molecular formula is C13H23N3O3. The normalized spacial score (nSPS) is 22.8. The standard InChI is InChI=1S/C13H23N3O3/c17-11(18)13(4-2-1-3-5-13)10-15-12(19)16-8-6-14-7-9-16/h14H,1-10H2,(H,15,19)(H,17,18). The van der Waals surface area contributed by atoms with Crippen LogP contribution in [0.5, 0.6) is 0 Å². The Morgan fingerprint density at radius 2 is 1.79 bits per heavy atom. The number of carbonyl (C=O) groups is 2. The highest BCUT2D eigenvalue weighted by Crippen LogP contribution is 2.36. The average Bonchev–Trinajstić information content (AvgIpc) is 2.46. The molecule has 1 aliphatic heterocycles. The summed E-state index contributed by atoms with van der Waals surface area (Å²) in [7, 11) is 0. The van der Waals surface area contributed by atoms with Crippen LogP contribution in [0.25, 0.3) is 0 Å². The third kappa shape index (κ3) is 3.37. The van der Waals surface area contributed by atoms with E-state index in [1.54, 1.807) is 4.90 Å². The molecule has 0 aromatic heterocycles. The van der Waals surface area contributed by atoms with E-state index in [-0.39, 0.29) is 12.6 Å². The quantitative estimate of drug-likeness (QED) is 0.702. The second-order valence-corrected chi connectivity index (χ2v) is 5.54. The number of carboxylic acids is 1. The summed E-state index contributed by atoms with van der Waals surface area (Å²) in [6.45, 7) is 3.23. The SMILES string of the molecule is O=C(NCC1(C(=O)O)CCCCC1)N1CCNCC1. The molecule has 0 aromatic carbocycles. The number of rotatable bonds is 3. The van der Waals surface area contributed by atoms with Crippen LogP contribution in [-0.2, 0) is 4.79 Å². The molecule has 3 N–H and O–H groups in total. The van der Waals surface area contributed by atoms with E-state index in [1.807, 2.05) is 0 Å². The van der Waals surface area contributed by atoms with Gasteiger partial charge in [-0.05, 0) is 12.8 Å². The molecule has 0 bridgehead atoms. The molecule has 1 aliphatic carbocycles. The summed E-state index contributed by atoms with van der Waals surface area (Å²) in [6, 6.07) is -0.132. The Hall–Kier alpha value is -1.30. The van der Waals surface area contributed by atoms with Crippen molar-refractivity contribution in [1.82, 2.24) is 15.5 Å². The van der Waals surface area contributed by atoms with Crippen LogP contribution in [0.1, 0.15) is 32.1 Å². The Kier molecular flexibility index (Phi) is 4.63. The lowest BCUT2D eigenvalue weighted by atomic mass is 9.74. The highest BCUT2D eigenvalue weighted by atomic mass is 16.4. The molecule has 6 heteroatoms. The maximum Gasteiger partial charge on any atom is 0.317 e. The number of carboxylic acid groups (broad SMARTS) is 1. The van der Waals surface area contributed by atoms with E-state index in [4.69, 9.17) is 0 Å². The van der Waals surface area contributed by atoms with Gasteiger partial charge < -0.3 is 20.6 Å². The molecule has 108 valence electrons. The van der Waals surface area contributed by atoms with Gasteiger partial charge in [-0.1, -0.05) is 19.3 Å². The van der Waals surface area contributed by atoms with E-state index in [0.717, 1.165) is 32.4 Å². The Bertz CT molecular complexity index is 334. The first kappa shape index (κ1) is 14.1. The molecule has 1 heterocycles. The summed E-state index contributed by atoms with van der Waals surface area (Å²) in [5.74, 6) is -0.771. The molecule has 2 amide bonds. The second-order valence-electron chi connectivity index (χ2n) is 5.54. The van der Waals surface area contributed by atoms with E-state index >= 15 is 0 Å². The molecule has 0 radical (unpaired) electrons. The van der Waals surface area contributed by atoms with E-state index in [2.05, 4.69) is 10.6 Å². The van der Waals surface area contributed by atoms with Crippen LogP contribution in [0.15, 0.2) is 0 Å². The molecule has 1 saturated heterocycles. The van der Waals surface area contributed by atoms with E-state index in [1.165, 1.54) is 0 Å². The fraction of sp³-hybridized carbons (Fsp3) is 0.846.